The van der Waals surface area contributed by atoms with Gasteiger partial charge in [0.1, 0.15) is 6.04 Å². The summed E-state index contributed by atoms with van der Waals surface area (Å²) in [4.78, 5) is 25.6. The van der Waals surface area contributed by atoms with Gasteiger partial charge in [0.15, 0.2) is 0 Å². The molecule has 0 fully saturated rings. The van der Waals surface area contributed by atoms with Gasteiger partial charge in [-0.15, -0.1) is 6.58 Å². The number of hydrogen-bond donors (Lipinski definition) is 0. The standard InChI is InChI=1S/C17H21NO3/c1-4-6-12-15(17(20)21-3)18(16(19)5-2)13-14-10-8-7-9-11-14/h4-5,7-11,15H,1-2,6,12-13H2,3H3/t15-/m1/s1. The van der Waals surface area contributed by atoms with Gasteiger partial charge < -0.3 is 9.64 Å². The molecule has 1 aromatic rings. The van der Waals surface area contributed by atoms with Crippen LogP contribution in [0.1, 0.15) is 18.4 Å². The third-order valence-electron chi connectivity index (χ3n) is 3.15. The van der Waals surface area contributed by atoms with E-state index in [1.54, 1.807) is 6.08 Å². The van der Waals surface area contributed by atoms with E-state index in [2.05, 4.69) is 13.2 Å². The van der Waals surface area contributed by atoms with E-state index in [1.165, 1.54) is 18.1 Å². The average molecular weight is 287 g/mol. The third kappa shape index (κ3) is 4.91. The summed E-state index contributed by atoms with van der Waals surface area (Å²) in [7, 11) is 1.32. The topological polar surface area (TPSA) is 46.6 Å². The average Bonchev–Trinajstić information content (AvgIpc) is 2.53. The number of rotatable bonds is 8. The molecule has 4 heteroatoms. The molecule has 0 aliphatic carbocycles. The molecule has 0 N–H and O–H groups in total. The van der Waals surface area contributed by atoms with Crippen LogP contribution >= 0.6 is 0 Å². The third-order valence-corrected chi connectivity index (χ3v) is 3.15. The van der Waals surface area contributed by atoms with Gasteiger partial charge in [-0.25, -0.2) is 4.79 Å². The molecule has 0 aliphatic rings. The maximum absolute atomic E-state index is 12.1. The van der Waals surface area contributed by atoms with E-state index in [-0.39, 0.29) is 5.91 Å². The minimum Gasteiger partial charge on any atom is -0.467 e. The zero-order chi connectivity index (χ0) is 15.7. The first-order valence-corrected chi connectivity index (χ1v) is 6.79. The van der Waals surface area contributed by atoms with Gasteiger partial charge in [0.05, 0.1) is 7.11 Å². The van der Waals surface area contributed by atoms with Crippen LogP contribution in [-0.4, -0.2) is 29.9 Å². The molecule has 1 aromatic carbocycles. The van der Waals surface area contributed by atoms with Gasteiger partial charge in [-0.1, -0.05) is 43.0 Å². The van der Waals surface area contributed by atoms with Crippen molar-refractivity contribution in [1.29, 1.82) is 0 Å². The summed E-state index contributed by atoms with van der Waals surface area (Å²) in [5.74, 6) is -0.721. The Bertz CT molecular complexity index is 496. The van der Waals surface area contributed by atoms with Crippen molar-refractivity contribution in [2.45, 2.75) is 25.4 Å². The summed E-state index contributed by atoms with van der Waals surface area (Å²) in [5, 5.41) is 0. The Labute approximate surface area is 125 Å². The Morgan fingerprint density at radius 3 is 2.48 bits per heavy atom. The van der Waals surface area contributed by atoms with E-state index in [0.717, 1.165) is 5.56 Å². The number of carbonyl (C=O) groups is 2. The second kappa shape index (κ2) is 8.74. The fourth-order valence-electron chi connectivity index (χ4n) is 2.05. The van der Waals surface area contributed by atoms with Gasteiger partial charge in [0, 0.05) is 6.54 Å². The lowest BCUT2D eigenvalue weighted by Gasteiger charge is -2.29. The predicted molar refractivity (Wildman–Crippen MR) is 82.4 cm³/mol. The highest BCUT2D eigenvalue weighted by Gasteiger charge is 2.28. The highest BCUT2D eigenvalue weighted by molar-refractivity contribution is 5.91. The lowest BCUT2D eigenvalue weighted by atomic mass is 10.1. The summed E-state index contributed by atoms with van der Waals surface area (Å²) < 4.78 is 4.82. The number of allylic oxidation sites excluding steroid dienone is 1. The van der Waals surface area contributed by atoms with Crippen molar-refractivity contribution in [3.63, 3.8) is 0 Å². The van der Waals surface area contributed by atoms with E-state index >= 15 is 0 Å². The van der Waals surface area contributed by atoms with Crippen LogP contribution in [0.5, 0.6) is 0 Å². The van der Waals surface area contributed by atoms with Crippen molar-refractivity contribution in [2.75, 3.05) is 7.11 Å². The van der Waals surface area contributed by atoms with Crippen LogP contribution in [-0.2, 0) is 20.9 Å². The van der Waals surface area contributed by atoms with E-state index < -0.39 is 12.0 Å². The fourth-order valence-corrected chi connectivity index (χ4v) is 2.05. The van der Waals surface area contributed by atoms with Crippen LogP contribution in [0.4, 0.5) is 0 Å². The number of ether oxygens (including phenoxy) is 1. The van der Waals surface area contributed by atoms with E-state index in [1.807, 2.05) is 30.3 Å². The van der Waals surface area contributed by atoms with Crippen LogP contribution in [0.3, 0.4) is 0 Å². The minimum absolute atomic E-state index is 0.293. The molecule has 0 bridgehead atoms. The molecule has 0 unspecified atom stereocenters. The van der Waals surface area contributed by atoms with Gasteiger partial charge in [-0.3, -0.25) is 4.79 Å². The van der Waals surface area contributed by atoms with Crippen molar-refractivity contribution < 1.29 is 14.3 Å². The molecule has 4 nitrogen and oxygen atoms in total. The molecule has 1 rings (SSSR count). The van der Waals surface area contributed by atoms with Crippen LogP contribution in [0.2, 0.25) is 0 Å². The molecule has 0 saturated carbocycles. The maximum Gasteiger partial charge on any atom is 0.328 e. The number of esters is 1. The van der Waals surface area contributed by atoms with Gasteiger partial charge in [0.2, 0.25) is 5.91 Å². The summed E-state index contributed by atoms with van der Waals surface area (Å²) in [6.45, 7) is 7.49. The SMILES string of the molecule is C=CCC[C@H](C(=O)OC)N(Cc1ccccc1)C(=O)C=C. The zero-order valence-electron chi connectivity index (χ0n) is 12.3. The van der Waals surface area contributed by atoms with Crippen molar-refractivity contribution in [3.05, 3.63) is 61.2 Å². The first-order valence-electron chi connectivity index (χ1n) is 6.79. The number of carbonyl (C=O) groups excluding carboxylic acids is 2. The molecule has 0 radical (unpaired) electrons. The van der Waals surface area contributed by atoms with Gasteiger partial charge in [0.25, 0.3) is 0 Å². The number of nitrogens with zero attached hydrogens (tertiary/aromatic N) is 1. The number of hydrogen-bond acceptors (Lipinski definition) is 3. The van der Waals surface area contributed by atoms with Crippen molar-refractivity contribution in [3.8, 4) is 0 Å². The second-order valence-electron chi connectivity index (χ2n) is 4.56. The Balaban J connectivity index is 3.01. The van der Waals surface area contributed by atoms with Crippen molar-refractivity contribution in [1.82, 2.24) is 4.90 Å². The monoisotopic (exact) mass is 287 g/mol. The summed E-state index contributed by atoms with van der Waals surface area (Å²) in [6, 6.07) is 8.86. The quantitative estimate of drug-likeness (QED) is 0.419. The van der Waals surface area contributed by atoms with Crippen LogP contribution < -0.4 is 0 Å². The molecular weight excluding hydrogens is 266 g/mol. The van der Waals surface area contributed by atoms with Gasteiger partial charge in [-0.2, -0.15) is 0 Å². The summed E-state index contributed by atoms with van der Waals surface area (Å²) in [6.07, 6.45) is 4.03. The van der Waals surface area contributed by atoms with Crippen LogP contribution in [0, 0.1) is 0 Å². The number of benzene rings is 1. The van der Waals surface area contributed by atoms with Crippen molar-refractivity contribution >= 4 is 11.9 Å². The molecule has 1 atom stereocenters. The number of methoxy groups -OCH3 is 1. The Hall–Kier alpha value is -2.36. The first kappa shape index (κ1) is 16.7. The molecule has 0 aliphatic heterocycles. The zero-order valence-corrected chi connectivity index (χ0v) is 12.3. The Morgan fingerprint density at radius 2 is 1.95 bits per heavy atom. The molecule has 0 heterocycles. The smallest absolute Gasteiger partial charge is 0.328 e. The maximum atomic E-state index is 12.1. The molecule has 21 heavy (non-hydrogen) atoms. The molecule has 1 amide bonds. The summed E-state index contributed by atoms with van der Waals surface area (Å²) >= 11 is 0. The number of amides is 1. The lowest BCUT2D eigenvalue weighted by molar-refractivity contribution is -0.152. The van der Waals surface area contributed by atoms with Crippen LogP contribution in [0.15, 0.2) is 55.6 Å². The first-order chi connectivity index (χ1) is 10.1. The molecular formula is C17H21NO3. The van der Waals surface area contributed by atoms with E-state index in [9.17, 15) is 9.59 Å². The predicted octanol–water partition coefficient (Wildman–Crippen LogP) is 2.71. The van der Waals surface area contributed by atoms with Crippen LogP contribution in [0.25, 0.3) is 0 Å². The van der Waals surface area contributed by atoms with Gasteiger partial charge in [-0.05, 0) is 24.5 Å². The van der Waals surface area contributed by atoms with E-state index in [0.29, 0.717) is 19.4 Å². The molecule has 112 valence electrons. The summed E-state index contributed by atoms with van der Waals surface area (Å²) in [5.41, 5.74) is 0.945. The Kier molecular flexibility index (Phi) is 6.95. The second-order valence-corrected chi connectivity index (χ2v) is 4.56. The largest absolute Gasteiger partial charge is 0.467 e. The lowest BCUT2D eigenvalue weighted by Crippen LogP contribution is -2.44. The minimum atomic E-state index is -0.640. The molecule has 0 spiro atoms. The van der Waals surface area contributed by atoms with Crippen molar-refractivity contribution in [2.24, 2.45) is 0 Å². The Morgan fingerprint density at radius 1 is 1.29 bits per heavy atom. The normalized spacial score (nSPS) is 11.3. The van der Waals surface area contributed by atoms with Gasteiger partial charge >= 0.3 is 5.97 Å². The molecule has 0 saturated heterocycles. The van der Waals surface area contributed by atoms with E-state index in [4.69, 9.17) is 4.74 Å². The fraction of sp³-hybridized carbons (Fsp3) is 0.294. The highest BCUT2D eigenvalue weighted by Crippen LogP contribution is 2.15. The highest BCUT2D eigenvalue weighted by atomic mass is 16.5. The molecule has 0 aromatic heterocycles.